The average molecular weight is 480 g/mol. The van der Waals surface area contributed by atoms with E-state index in [0.29, 0.717) is 12.0 Å². The summed E-state index contributed by atoms with van der Waals surface area (Å²) in [5, 5.41) is 11.4. The first-order valence-electron chi connectivity index (χ1n) is 8.93. The molecule has 2 heterocycles. The largest absolute Gasteiger partial charge is 0.385 e. The molecule has 144 valence electrons. The maximum Gasteiger partial charge on any atom is 0.191 e. The van der Waals surface area contributed by atoms with E-state index >= 15 is 0 Å². The highest BCUT2D eigenvalue weighted by Gasteiger charge is 2.19. The van der Waals surface area contributed by atoms with E-state index in [2.05, 4.69) is 44.3 Å². The van der Waals surface area contributed by atoms with Gasteiger partial charge in [0.25, 0.3) is 0 Å². The Morgan fingerprint density at radius 2 is 2.20 bits per heavy atom. The van der Waals surface area contributed by atoms with Gasteiger partial charge >= 0.3 is 0 Å². The van der Waals surface area contributed by atoms with Gasteiger partial charge < -0.3 is 20.3 Å². The zero-order chi connectivity index (χ0) is 17.2. The first-order chi connectivity index (χ1) is 11.7. The van der Waals surface area contributed by atoms with E-state index in [-0.39, 0.29) is 24.0 Å². The summed E-state index contributed by atoms with van der Waals surface area (Å²) in [5.41, 5.74) is 1.40. The zero-order valence-corrected chi connectivity index (χ0v) is 18.8. The van der Waals surface area contributed by atoms with Gasteiger partial charge in [-0.1, -0.05) is 6.92 Å². The minimum Gasteiger partial charge on any atom is -0.385 e. The van der Waals surface area contributed by atoms with Crippen LogP contribution in [-0.2, 0) is 4.74 Å². The number of aliphatic imine (C=N–C) groups is 1. The summed E-state index contributed by atoms with van der Waals surface area (Å²) in [6, 6.07) is 2.72. The van der Waals surface area contributed by atoms with E-state index in [9.17, 15) is 0 Å². The number of hydrogen-bond acceptors (Lipinski definition) is 4. The van der Waals surface area contributed by atoms with Gasteiger partial charge in [0.15, 0.2) is 5.96 Å². The molecule has 0 saturated carbocycles. The summed E-state index contributed by atoms with van der Waals surface area (Å²) >= 11 is 1.76. The molecule has 1 aromatic heterocycles. The van der Waals surface area contributed by atoms with E-state index in [1.807, 2.05) is 7.05 Å². The molecule has 1 aliphatic heterocycles. The fourth-order valence-electron chi connectivity index (χ4n) is 3.04. The maximum absolute atomic E-state index is 5.13. The quantitative estimate of drug-likeness (QED) is 0.260. The molecule has 7 heteroatoms. The summed E-state index contributed by atoms with van der Waals surface area (Å²) in [6.45, 7) is 7.48. The number of likely N-dealkylation sites (tertiary alicyclic amines) is 1. The zero-order valence-electron chi connectivity index (χ0n) is 15.7. The summed E-state index contributed by atoms with van der Waals surface area (Å²) < 4.78 is 5.13. The van der Waals surface area contributed by atoms with Gasteiger partial charge in [-0.2, -0.15) is 11.3 Å². The van der Waals surface area contributed by atoms with E-state index in [0.717, 1.165) is 45.2 Å². The van der Waals surface area contributed by atoms with E-state index in [4.69, 9.17) is 4.74 Å². The Morgan fingerprint density at radius 3 is 2.80 bits per heavy atom. The molecule has 1 aliphatic rings. The standard InChI is InChI=1S/C18H32N4OS.HI/c1-15(16-7-12-24-14-16)13-20-18(19-2)21-17-5-9-22(10-6-17)8-4-11-23-3;/h7,12,14-15,17H,4-6,8-11,13H2,1-3H3,(H2,19,20,21);1H. The minimum absolute atomic E-state index is 0. The van der Waals surface area contributed by atoms with Crippen molar-refractivity contribution in [3.63, 3.8) is 0 Å². The lowest BCUT2D eigenvalue weighted by Gasteiger charge is -2.33. The van der Waals surface area contributed by atoms with Gasteiger partial charge in [0.05, 0.1) is 0 Å². The van der Waals surface area contributed by atoms with Crippen LogP contribution in [0, 0.1) is 0 Å². The van der Waals surface area contributed by atoms with Crippen molar-refractivity contribution in [2.45, 2.75) is 38.1 Å². The third-order valence-electron chi connectivity index (χ3n) is 4.66. The second-order valence-corrected chi connectivity index (χ2v) is 7.30. The third kappa shape index (κ3) is 8.23. The fourth-order valence-corrected chi connectivity index (χ4v) is 3.83. The number of nitrogens with one attached hydrogen (secondary N) is 2. The van der Waals surface area contributed by atoms with E-state index in [1.54, 1.807) is 18.4 Å². The van der Waals surface area contributed by atoms with Crippen molar-refractivity contribution in [3.8, 4) is 0 Å². The van der Waals surface area contributed by atoms with Crippen LogP contribution in [0.5, 0.6) is 0 Å². The molecule has 0 amide bonds. The molecule has 2 rings (SSSR count). The summed E-state index contributed by atoms with van der Waals surface area (Å²) in [4.78, 5) is 6.92. The predicted octanol–water partition coefficient (Wildman–Crippen LogP) is 3.14. The molecule has 0 aliphatic carbocycles. The van der Waals surface area contributed by atoms with Crippen LogP contribution in [0.1, 0.15) is 37.7 Å². The lowest BCUT2D eigenvalue weighted by molar-refractivity contribution is 0.155. The van der Waals surface area contributed by atoms with Crippen molar-refractivity contribution < 1.29 is 4.74 Å². The van der Waals surface area contributed by atoms with Gasteiger partial charge in [-0.05, 0) is 47.6 Å². The molecule has 1 saturated heterocycles. The van der Waals surface area contributed by atoms with Crippen LogP contribution in [0.15, 0.2) is 21.8 Å². The summed E-state index contributed by atoms with van der Waals surface area (Å²) in [7, 11) is 3.62. The van der Waals surface area contributed by atoms with Gasteiger partial charge in [0.2, 0.25) is 0 Å². The van der Waals surface area contributed by atoms with E-state index < -0.39 is 0 Å². The molecule has 0 bridgehead atoms. The number of guanidine groups is 1. The average Bonchev–Trinajstić information content (AvgIpc) is 3.14. The van der Waals surface area contributed by atoms with Gasteiger partial charge in [-0.15, -0.1) is 24.0 Å². The monoisotopic (exact) mass is 480 g/mol. The minimum atomic E-state index is 0. The normalized spacial score (nSPS) is 17.8. The Hall–Kier alpha value is -0.380. The third-order valence-corrected chi connectivity index (χ3v) is 5.36. The van der Waals surface area contributed by atoms with Crippen LogP contribution in [0.25, 0.3) is 0 Å². The topological polar surface area (TPSA) is 48.9 Å². The number of methoxy groups -OCH3 is 1. The van der Waals surface area contributed by atoms with Gasteiger partial charge in [-0.25, -0.2) is 0 Å². The molecule has 1 unspecified atom stereocenters. The lowest BCUT2D eigenvalue weighted by Crippen LogP contribution is -2.49. The smallest absolute Gasteiger partial charge is 0.191 e. The molecule has 25 heavy (non-hydrogen) atoms. The Labute approximate surface area is 173 Å². The van der Waals surface area contributed by atoms with Gasteiger partial charge in [-0.3, -0.25) is 4.99 Å². The summed E-state index contributed by atoms with van der Waals surface area (Å²) in [6.07, 6.45) is 3.47. The molecular weight excluding hydrogens is 447 g/mol. The van der Waals surface area contributed by atoms with Crippen molar-refractivity contribution in [1.29, 1.82) is 0 Å². The van der Waals surface area contributed by atoms with Crippen LogP contribution < -0.4 is 10.6 Å². The predicted molar refractivity (Wildman–Crippen MR) is 119 cm³/mol. The van der Waals surface area contributed by atoms with Gasteiger partial charge in [0, 0.05) is 53.0 Å². The first-order valence-corrected chi connectivity index (χ1v) is 9.87. The van der Waals surface area contributed by atoms with Crippen molar-refractivity contribution in [3.05, 3.63) is 22.4 Å². The molecule has 1 atom stereocenters. The molecular formula is C18H33IN4OS. The van der Waals surface area contributed by atoms with Crippen molar-refractivity contribution in [2.75, 3.05) is 46.9 Å². The highest BCUT2D eigenvalue weighted by Crippen LogP contribution is 2.17. The van der Waals surface area contributed by atoms with Crippen LogP contribution in [0.4, 0.5) is 0 Å². The lowest BCUT2D eigenvalue weighted by atomic mass is 10.0. The Balaban J connectivity index is 0.00000312. The molecule has 1 aromatic rings. The first kappa shape index (κ1) is 22.7. The van der Waals surface area contributed by atoms with Crippen LogP contribution in [-0.4, -0.2) is 63.8 Å². The second kappa shape index (κ2) is 12.9. The molecule has 0 radical (unpaired) electrons. The fraction of sp³-hybridized carbons (Fsp3) is 0.722. The number of thiophene rings is 1. The van der Waals surface area contributed by atoms with Crippen LogP contribution in [0.2, 0.25) is 0 Å². The van der Waals surface area contributed by atoms with Crippen molar-refractivity contribution in [1.82, 2.24) is 15.5 Å². The number of ether oxygens (including phenoxy) is 1. The highest BCUT2D eigenvalue weighted by molar-refractivity contribution is 14.0. The maximum atomic E-state index is 5.13. The van der Waals surface area contributed by atoms with Crippen molar-refractivity contribution in [2.24, 2.45) is 4.99 Å². The highest BCUT2D eigenvalue weighted by atomic mass is 127. The molecule has 1 fully saturated rings. The number of hydrogen-bond donors (Lipinski definition) is 2. The summed E-state index contributed by atoms with van der Waals surface area (Å²) in [5.74, 6) is 1.42. The molecule has 5 nitrogen and oxygen atoms in total. The number of nitrogens with zero attached hydrogens (tertiary/aromatic N) is 2. The number of rotatable bonds is 8. The molecule has 2 N–H and O–H groups in total. The van der Waals surface area contributed by atoms with Gasteiger partial charge in [0.1, 0.15) is 0 Å². The van der Waals surface area contributed by atoms with E-state index in [1.165, 1.54) is 18.4 Å². The number of halogens is 1. The molecule has 0 aromatic carbocycles. The Kier molecular flexibility index (Phi) is 11.7. The van der Waals surface area contributed by atoms with Crippen molar-refractivity contribution >= 4 is 41.3 Å². The second-order valence-electron chi connectivity index (χ2n) is 6.52. The SMILES string of the molecule is CN=C(NCC(C)c1ccsc1)NC1CCN(CCCOC)CC1.I. The Morgan fingerprint density at radius 1 is 1.44 bits per heavy atom. The number of piperidine rings is 1. The Bertz CT molecular complexity index is 475. The molecule has 0 spiro atoms. The van der Waals surface area contributed by atoms with Crippen LogP contribution >= 0.6 is 35.3 Å². The van der Waals surface area contributed by atoms with Crippen LogP contribution in [0.3, 0.4) is 0 Å².